The number of amides is 1. The molecule has 0 spiro atoms. The highest BCUT2D eigenvalue weighted by molar-refractivity contribution is 9.10. The quantitative estimate of drug-likeness (QED) is 0.894. The first kappa shape index (κ1) is 17.1. The van der Waals surface area contributed by atoms with E-state index in [0.29, 0.717) is 11.0 Å². The van der Waals surface area contributed by atoms with Crippen molar-refractivity contribution in [3.05, 3.63) is 28.2 Å². The normalized spacial score (nSPS) is 12.3. The van der Waals surface area contributed by atoms with Gasteiger partial charge in [0.05, 0.1) is 4.90 Å². The monoisotopic (exact) mass is 362 g/mol. The molecule has 0 heterocycles. The first-order chi connectivity index (χ1) is 8.90. The number of primary sulfonamides is 1. The SMILES string of the molecule is CN(CC(C)(C)C)C(=O)c1cc(Br)cc(S(N)(=O)=O)c1. The van der Waals surface area contributed by atoms with E-state index in [9.17, 15) is 13.2 Å². The molecule has 1 aromatic rings. The Balaban J connectivity index is 3.14. The minimum Gasteiger partial charge on any atom is -0.341 e. The maximum atomic E-state index is 12.3. The number of nitrogens with zero attached hydrogens (tertiary/aromatic N) is 1. The molecule has 0 unspecified atom stereocenters. The molecule has 112 valence electrons. The van der Waals surface area contributed by atoms with Gasteiger partial charge in [-0.05, 0) is 23.6 Å². The van der Waals surface area contributed by atoms with Gasteiger partial charge in [-0.15, -0.1) is 0 Å². The lowest BCUT2D eigenvalue weighted by Gasteiger charge is -2.26. The lowest BCUT2D eigenvalue weighted by Crippen LogP contribution is -2.34. The molecule has 0 aliphatic rings. The Labute approximate surface area is 128 Å². The fourth-order valence-corrected chi connectivity index (χ4v) is 3.08. The van der Waals surface area contributed by atoms with Crippen LogP contribution in [0, 0.1) is 5.41 Å². The summed E-state index contributed by atoms with van der Waals surface area (Å²) in [6.07, 6.45) is 0. The van der Waals surface area contributed by atoms with Crippen molar-refractivity contribution in [3.63, 3.8) is 0 Å². The molecule has 0 aromatic heterocycles. The molecule has 7 heteroatoms. The van der Waals surface area contributed by atoms with Crippen molar-refractivity contribution in [1.82, 2.24) is 4.90 Å². The Morgan fingerprint density at radius 2 is 1.85 bits per heavy atom. The van der Waals surface area contributed by atoms with Gasteiger partial charge in [0, 0.05) is 23.6 Å². The van der Waals surface area contributed by atoms with E-state index in [1.165, 1.54) is 12.1 Å². The van der Waals surface area contributed by atoms with Gasteiger partial charge in [0.15, 0.2) is 0 Å². The summed E-state index contributed by atoms with van der Waals surface area (Å²) in [5.74, 6) is -0.244. The fourth-order valence-electron chi connectivity index (χ4n) is 1.85. The summed E-state index contributed by atoms with van der Waals surface area (Å²) in [6, 6.07) is 4.24. The van der Waals surface area contributed by atoms with Gasteiger partial charge >= 0.3 is 0 Å². The number of rotatable bonds is 3. The summed E-state index contributed by atoms with van der Waals surface area (Å²) in [5.41, 5.74) is 0.245. The smallest absolute Gasteiger partial charge is 0.253 e. The molecule has 0 saturated carbocycles. The molecule has 20 heavy (non-hydrogen) atoms. The summed E-state index contributed by atoms with van der Waals surface area (Å²) in [6.45, 7) is 6.62. The maximum absolute atomic E-state index is 12.3. The van der Waals surface area contributed by atoms with Crippen molar-refractivity contribution < 1.29 is 13.2 Å². The maximum Gasteiger partial charge on any atom is 0.253 e. The van der Waals surface area contributed by atoms with Gasteiger partial charge in [-0.25, -0.2) is 13.6 Å². The Morgan fingerprint density at radius 1 is 1.30 bits per heavy atom. The number of sulfonamides is 1. The van der Waals surface area contributed by atoms with Crippen LogP contribution in [0.5, 0.6) is 0 Å². The average molecular weight is 363 g/mol. The number of benzene rings is 1. The van der Waals surface area contributed by atoms with Gasteiger partial charge in [0.1, 0.15) is 0 Å². The molecule has 0 radical (unpaired) electrons. The Bertz CT molecular complexity index is 621. The van der Waals surface area contributed by atoms with Crippen molar-refractivity contribution in [2.75, 3.05) is 13.6 Å². The zero-order valence-electron chi connectivity index (χ0n) is 12.0. The van der Waals surface area contributed by atoms with E-state index in [-0.39, 0.29) is 21.8 Å². The second-order valence-electron chi connectivity index (χ2n) is 5.94. The topological polar surface area (TPSA) is 80.5 Å². The van der Waals surface area contributed by atoms with Crippen LogP contribution in [0.3, 0.4) is 0 Å². The molecule has 2 N–H and O–H groups in total. The number of halogens is 1. The molecule has 5 nitrogen and oxygen atoms in total. The molecular weight excluding hydrogens is 344 g/mol. The number of nitrogens with two attached hydrogens (primary N) is 1. The molecule has 0 atom stereocenters. The van der Waals surface area contributed by atoms with Crippen LogP contribution >= 0.6 is 15.9 Å². The van der Waals surface area contributed by atoms with E-state index in [2.05, 4.69) is 15.9 Å². The molecular formula is C13H19BrN2O3S. The van der Waals surface area contributed by atoms with Gasteiger partial charge in [-0.1, -0.05) is 36.7 Å². The van der Waals surface area contributed by atoms with Crippen molar-refractivity contribution in [2.24, 2.45) is 10.6 Å². The van der Waals surface area contributed by atoms with Gasteiger partial charge in [0.2, 0.25) is 10.0 Å². The summed E-state index contributed by atoms with van der Waals surface area (Å²) in [4.78, 5) is 13.8. The zero-order chi connectivity index (χ0) is 15.7. The molecule has 1 amide bonds. The Morgan fingerprint density at radius 3 is 2.30 bits per heavy atom. The van der Waals surface area contributed by atoms with E-state index >= 15 is 0 Å². The highest BCUT2D eigenvalue weighted by Crippen LogP contribution is 2.21. The van der Waals surface area contributed by atoms with Crippen molar-refractivity contribution in [3.8, 4) is 0 Å². The lowest BCUT2D eigenvalue weighted by molar-refractivity contribution is 0.0745. The van der Waals surface area contributed by atoms with E-state index < -0.39 is 10.0 Å². The third kappa shape index (κ3) is 4.88. The third-order valence-electron chi connectivity index (χ3n) is 2.50. The van der Waals surface area contributed by atoms with Crippen LogP contribution in [0.25, 0.3) is 0 Å². The van der Waals surface area contributed by atoms with Crippen LogP contribution in [0.4, 0.5) is 0 Å². The Kier molecular flexibility index (Phi) is 4.99. The van der Waals surface area contributed by atoms with E-state index in [1.54, 1.807) is 18.0 Å². The summed E-state index contributed by atoms with van der Waals surface area (Å²) < 4.78 is 23.3. The number of carbonyl (C=O) groups is 1. The van der Waals surface area contributed by atoms with Gasteiger partial charge in [-0.3, -0.25) is 4.79 Å². The molecule has 0 saturated heterocycles. The zero-order valence-corrected chi connectivity index (χ0v) is 14.4. The Hall–Kier alpha value is -0.920. The average Bonchev–Trinajstić information content (AvgIpc) is 2.23. The van der Waals surface area contributed by atoms with Crippen LogP contribution < -0.4 is 5.14 Å². The molecule has 0 fully saturated rings. The fraction of sp³-hybridized carbons (Fsp3) is 0.462. The standard InChI is InChI=1S/C13H19BrN2O3S/c1-13(2,3)8-16(4)12(17)9-5-10(14)7-11(6-9)20(15,18)19/h5-7H,8H2,1-4H3,(H2,15,18,19). The second kappa shape index (κ2) is 5.83. The summed E-state index contributed by atoms with van der Waals surface area (Å²) in [5, 5.41) is 5.10. The van der Waals surface area contributed by atoms with Gasteiger partial charge < -0.3 is 4.90 Å². The van der Waals surface area contributed by atoms with Crippen molar-refractivity contribution in [2.45, 2.75) is 25.7 Å². The molecule has 0 aliphatic heterocycles. The lowest BCUT2D eigenvalue weighted by atomic mass is 9.96. The molecule has 1 rings (SSSR count). The molecule has 0 bridgehead atoms. The van der Waals surface area contributed by atoms with Crippen LogP contribution in [0.1, 0.15) is 31.1 Å². The van der Waals surface area contributed by atoms with Crippen molar-refractivity contribution in [1.29, 1.82) is 0 Å². The van der Waals surface area contributed by atoms with E-state index in [4.69, 9.17) is 5.14 Å². The highest BCUT2D eigenvalue weighted by Gasteiger charge is 2.20. The first-order valence-corrected chi connectivity index (χ1v) is 8.33. The van der Waals surface area contributed by atoms with Crippen LogP contribution in [0.15, 0.2) is 27.6 Å². The first-order valence-electron chi connectivity index (χ1n) is 5.99. The van der Waals surface area contributed by atoms with Crippen LogP contribution in [-0.4, -0.2) is 32.8 Å². The van der Waals surface area contributed by atoms with Crippen LogP contribution in [-0.2, 0) is 10.0 Å². The molecule has 0 aliphatic carbocycles. The van der Waals surface area contributed by atoms with Gasteiger partial charge in [0.25, 0.3) is 5.91 Å². The highest BCUT2D eigenvalue weighted by atomic mass is 79.9. The third-order valence-corrected chi connectivity index (χ3v) is 3.86. The van der Waals surface area contributed by atoms with Gasteiger partial charge in [-0.2, -0.15) is 0 Å². The number of hydrogen-bond acceptors (Lipinski definition) is 3. The van der Waals surface area contributed by atoms with E-state index in [0.717, 1.165) is 0 Å². The predicted molar refractivity (Wildman–Crippen MR) is 81.9 cm³/mol. The summed E-state index contributed by atoms with van der Waals surface area (Å²) >= 11 is 3.19. The molecule has 1 aromatic carbocycles. The predicted octanol–water partition coefficient (Wildman–Crippen LogP) is 2.21. The number of hydrogen-bond donors (Lipinski definition) is 1. The number of carbonyl (C=O) groups excluding carboxylic acids is 1. The second-order valence-corrected chi connectivity index (χ2v) is 8.42. The van der Waals surface area contributed by atoms with E-state index in [1.807, 2.05) is 20.8 Å². The van der Waals surface area contributed by atoms with Crippen LogP contribution in [0.2, 0.25) is 0 Å². The summed E-state index contributed by atoms with van der Waals surface area (Å²) in [7, 11) is -2.16. The largest absolute Gasteiger partial charge is 0.341 e. The minimum atomic E-state index is -3.84. The van der Waals surface area contributed by atoms with Crippen molar-refractivity contribution >= 4 is 31.9 Å². The minimum absolute atomic E-state index is 0.0425.